The van der Waals surface area contributed by atoms with Gasteiger partial charge in [-0.2, -0.15) is 0 Å². The quantitative estimate of drug-likeness (QED) is 0.351. The van der Waals surface area contributed by atoms with Crippen molar-refractivity contribution < 1.29 is 23.4 Å². The van der Waals surface area contributed by atoms with Crippen LogP contribution in [0.15, 0.2) is 79.0 Å². The number of nitrogens with zero attached hydrogens (tertiary/aromatic N) is 1. The normalized spacial score (nSPS) is 10.8. The highest BCUT2D eigenvalue weighted by Crippen LogP contribution is 2.27. The summed E-state index contributed by atoms with van der Waals surface area (Å²) in [5.41, 5.74) is 2.88. The third-order valence-electron chi connectivity index (χ3n) is 4.93. The summed E-state index contributed by atoms with van der Waals surface area (Å²) in [5.74, 6) is -1.83. The van der Waals surface area contributed by atoms with Gasteiger partial charge in [0.2, 0.25) is 0 Å². The first kappa shape index (κ1) is 21.6. The summed E-state index contributed by atoms with van der Waals surface area (Å²) in [5, 5.41) is 10.2. The number of hydrogen-bond donors (Lipinski definition) is 1. The van der Waals surface area contributed by atoms with Crippen molar-refractivity contribution in [3.8, 4) is 16.9 Å². The van der Waals surface area contributed by atoms with Crippen molar-refractivity contribution in [3.63, 3.8) is 0 Å². The molecule has 32 heavy (non-hydrogen) atoms. The van der Waals surface area contributed by atoms with Gasteiger partial charge in [0, 0.05) is 29.4 Å². The van der Waals surface area contributed by atoms with E-state index in [9.17, 15) is 18.7 Å². The Bertz CT molecular complexity index is 1250. The van der Waals surface area contributed by atoms with Crippen LogP contribution in [-0.2, 0) is 13.2 Å². The summed E-state index contributed by atoms with van der Waals surface area (Å²) < 4.78 is 33.8. The zero-order chi connectivity index (χ0) is 22.7. The number of halogens is 3. The maximum Gasteiger partial charge on any atom is 0.352 e. The second kappa shape index (κ2) is 9.24. The molecule has 0 amide bonds. The van der Waals surface area contributed by atoms with E-state index in [1.807, 2.05) is 18.2 Å². The van der Waals surface area contributed by atoms with E-state index in [2.05, 4.69) is 0 Å². The first-order valence-corrected chi connectivity index (χ1v) is 10.1. The average molecular weight is 454 g/mol. The van der Waals surface area contributed by atoms with Crippen LogP contribution >= 0.6 is 11.6 Å². The van der Waals surface area contributed by atoms with Crippen molar-refractivity contribution in [2.45, 2.75) is 13.2 Å². The Labute approximate surface area is 188 Å². The van der Waals surface area contributed by atoms with E-state index in [0.717, 1.165) is 22.8 Å². The van der Waals surface area contributed by atoms with Crippen molar-refractivity contribution in [1.82, 2.24) is 4.57 Å². The fourth-order valence-corrected chi connectivity index (χ4v) is 3.59. The Morgan fingerprint density at radius 2 is 1.62 bits per heavy atom. The van der Waals surface area contributed by atoms with Gasteiger partial charge in [0.15, 0.2) is 0 Å². The summed E-state index contributed by atoms with van der Waals surface area (Å²) in [6, 6.07) is 19.1. The Morgan fingerprint density at radius 3 is 2.28 bits per heavy atom. The molecule has 162 valence electrons. The summed E-state index contributed by atoms with van der Waals surface area (Å²) in [6.07, 6.45) is 1.76. The van der Waals surface area contributed by atoms with Gasteiger partial charge in [-0.3, -0.25) is 0 Å². The summed E-state index contributed by atoms with van der Waals surface area (Å²) in [6.45, 7) is 0.345. The summed E-state index contributed by atoms with van der Waals surface area (Å²) >= 11 is 6.22. The Morgan fingerprint density at radius 1 is 0.938 bits per heavy atom. The molecule has 1 aromatic heterocycles. The molecule has 0 atom stereocenters. The third-order valence-corrected chi connectivity index (χ3v) is 5.30. The number of benzene rings is 3. The molecule has 0 aliphatic heterocycles. The van der Waals surface area contributed by atoms with E-state index < -0.39 is 17.6 Å². The number of carboxylic acids is 1. The number of carboxylic acid groups (broad SMARTS) is 1. The van der Waals surface area contributed by atoms with Crippen LogP contribution in [0, 0.1) is 11.6 Å². The summed E-state index contributed by atoms with van der Waals surface area (Å²) in [4.78, 5) is 11.7. The zero-order valence-corrected chi connectivity index (χ0v) is 17.5. The molecule has 4 aromatic rings. The van der Waals surface area contributed by atoms with E-state index in [4.69, 9.17) is 16.3 Å². The fraction of sp³-hybridized carbons (Fsp3) is 0.0800. The van der Waals surface area contributed by atoms with Crippen molar-refractivity contribution in [1.29, 1.82) is 0 Å². The van der Waals surface area contributed by atoms with Crippen LogP contribution in [0.3, 0.4) is 0 Å². The SMILES string of the molecule is O=C(O)c1cc(-c2ccc(OCc3cc(F)cc(F)c3)cc2)cn1Cc1ccccc1Cl. The number of aromatic carboxylic acids is 1. The maximum atomic E-state index is 13.3. The molecule has 0 aliphatic rings. The predicted octanol–water partition coefficient (Wildman–Crippen LogP) is 6.41. The molecular formula is C25H18ClF2NO3. The molecule has 0 spiro atoms. The van der Waals surface area contributed by atoms with Crippen LogP contribution in [-0.4, -0.2) is 15.6 Å². The molecule has 0 radical (unpaired) electrons. The highest BCUT2D eigenvalue weighted by atomic mass is 35.5. The monoisotopic (exact) mass is 453 g/mol. The molecule has 0 saturated heterocycles. The lowest BCUT2D eigenvalue weighted by atomic mass is 10.1. The zero-order valence-electron chi connectivity index (χ0n) is 16.8. The van der Waals surface area contributed by atoms with Gasteiger partial charge in [-0.25, -0.2) is 13.6 Å². The Balaban J connectivity index is 1.52. The van der Waals surface area contributed by atoms with Crippen LogP contribution in [0.5, 0.6) is 5.75 Å². The molecule has 4 rings (SSSR count). The topological polar surface area (TPSA) is 51.5 Å². The molecule has 0 aliphatic carbocycles. The van der Waals surface area contributed by atoms with E-state index in [1.54, 1.807) is 47.2 Å². The number of hydrogen-bond acceptors (Lipinski definition) is 2. The standard InChI is InChI=1S/C25H18ClF2NO3/c26-23-4-2-1-3-18(23)13-29-14-19(11-24(29)25(30)31)17-5-7-22(8-6-17)32-15-16-9-20(27)12-21(28)10-16/h1-12,14H,13,15H2,(H,30,31). The van der Waals surface area contributed by atoms with Gasteiger partial charge in [0.1, 0.15) is 29.7 Å². The summed E-state index contributed by atoms with van der Waals surface area (Å²) in [7, 11) is 0. The molecule has 7 heteroatoms. The molecule has 0 fully saturated rings. The van der Waals surface area contributed by atoms with Gasteiger partial charge in [-0.15, -0.1) is 0 Å². The lowest BCUT2D eigenvalue weighted by Gasteiger charge is -2.08. The van der Waals surface area contributed by atoms with E-state index >= 15 is 0 Å². The van der Waals surface area contributed by atoms with Crippen LogP contribution in [0.25, 0.3) is 11.1 Å². The first-order valence-electron chi connectivity index (χ1n) is 9.74. The smallest absolute Gasteiger partial charge is 0.352 e. The largest absolute Gasteiger partial charge is 0.489 e. The van der Waals surface area contributed by atoms with Crippen LogP contribution in [0.4, 0.5) is 8.78 Å². The Hall–Kier alpha value is -3.64. The van der Waals surface area contributed by atoms with Crippen molar-refractivity contribution in [2.75, 3.05) is 0 Å². The van der Waals surface area contributed by atoms with Gasteiger partial charge in [-0.1, -0.05) is 41.9 Å². The minimum absolute atomic E-state index is 0.0192. The van der Waals surface area contributed by atoms with Crippen molar-refractivity contribution in [2.24, 2.45) is 0 Å². The third kappa shape index (κ3) is 4.98. The van der Waals surface area contributed by atoms with Crippen molar-refractivity contribution >= 4 is 17.6 Å². The number of ether oxygens (including phenoxy) is 1. The second-order valence-electron chi connectivity index (χ2n) is 7.23. The van der Waals surface area contributed by atoms with Crippen molar-refractivity contribution in [3.05, 3.63) is 112 Å². The van der Waals surface area contributed by atoms with Crippen LogP contribution in [0.2, 0.25) is 5.02 Å². The molecule has 0 bridgehead atoms. The molecule has 0 unspecified atom stereocenters. The second-order valence-corrected chi connectivity index (χ2v) is 7.64. The molecular weight excluding hydrogens is 436 g/mol. The number of carbonyl (C=O) groups is 1. The first-order chi connectivity index (χ1) is 15.4. The number of rotatable bonds is 7. The van der Waals surface area contributed by atoms with Gasteiger partial charge in [-0.05, 0) is 53.1 Å². The van der Waals surface area contributed by atoms with E-state index in [0.29, 0.717) is 22.9 Å². The molecule has 1 N–H and O–H groups in total. The highest BCUT2D eigenvalue weighted by molar-refractivity contribution is 6.31. The van der Waals surface area contributed by atoms with E-state index in [-0.39, 0.29) is 12.3 Å². The maximum absolute atomic E-state index is 13.3. The van der Waals surface area contributed by atoms with E-state index in [1.165, 1.54) is 12.1 Å². The minimum Gasteiger partial charge on any atom is -0.489 e. The van der Waals surface area contributed by atoms with Gasteiger partial charge in [0.05, 0.1) is 0 Å². The molecule has 4 nitrogen and oxygen atoms in total. The highest BCUT2D eigenvalue weighted by Gasteiger charge is 2.15. The van der Waals surface area contributed by atoms with Gasteiger partial charge < -0.3 is 14.4 Å². The molecule has 0 saturated carbocycles. The molecule has 3 aromatic carbocycles. The van der Waals surface area contributed by atoms with Crippen LogP contribution in [0.1, 0.15) is 21.6 Å². The van der Waals surface area contributed by atoms with Gasteiger partial charge >= 0.3 is 5.97 Å². The van der Waals surface area contributed by atoms with Crippen LogP contribution < -0.4 is 4.74 Å². The predicted molar refractivity (Wildman–Crippen MR) is 118 cm³/mol. The molecule has 1 heterocycles. The lowest BCUT2D eigenvalue weighted by molar-refractivity contribution is 0.0685. The Kier molecular flexibility index (Phi) is 6.23. The lowest BCUT2D eigenvalue weighted by Crippen LogP contribution is -2.08. The number of aromatic nitrogens is 1. The minimum atomic E-state index is -1.04. The average Bonchev–Trinajstić information content (AvgIpc) is 3.18. The van der Waals surface area contributed by atoms with Gasteiger partial charge in [0.25, 0.3) is 0 Å². The fourth-order valence-electron chi connectivity index (χ4n) is 3.39.